The van der Waals surface area contributed by atoms with E-state index < -0.39 is 0 Å². The van der Waals surface area contributed by atoms with Crippen LogP contribution in [0.3, 0.4) is 0 Å². The maximum Gasteiger partial charge on any atom is 0.166 e. The van der Waals surface area contributed by atoms with Crippen molar-refractivity contribution in [1.29, 1.82) is 0 Å². The van der Waals surface area contributed by atoms with E-state index in [0.717, 1.165) is 46.7 Å². The summed E-state index contributed by atoms with van der Waals surface area (Å²) < 4.78 is 5.21. The first-order chi connectivity index (χ1) is 8.85. The van der Waals surface area contributed by atoms with Crippen LogP contribution in [0.2, 0.25) is 0 Å². The number of aromatic nitrogens is 2. The maximum absolute atomic E-state index is 5.21. The molecule has 3 rings (SSSR count). The molecule has 0 radical (unpaired) electrons. The van der Waals surface area contributed by atoms with Gasteiger partial charge in [0.15, 0.2) is 5.16 Å². The Kier molecular flexibility index (Phi) is 3.43. The summed E-state index contributed by atoms with van der Waals surface area (Å²) in [7, 11) is 1.68. The number of hydrogen-bond acceptors (Lipinski definition) is 4. The minimum absolute atomic E-state index is 0.776. The van der Waals surface area contributed by atoms with E-state index in [1.54, 1.807) is 7.11 Å². The van der Waals surface area contributed by atoms with Gasteiger partial charge in [-0.05, 0) is 37.6 Å². The molecule has 96 valence electrons. The number of aromatic amines is 1. The molecule has 1 saturated heterocycles. The zero-order valence-corrected chi connectivity index (χ0v) is 11.2. The number of methoxy groups -OCH3 is 1. The van der Waals surface area contributed by atoms with Crippen LogP contribution in [0.4, 0.5) is 0 Å². The summed E-state index contributed by atoms with van der Waals surface area (Å²) in [6, 6.07) is 5.92. The van der Waals surface area contributed by atoms with Gasteiger partial charge in [-0.25, -0.2) is 4.98 Å². The highest BCUT2D eigenvalue weighted by molar-refractivity contribution is 7.99. The van der Waals surface area contributed by atoms with Crippen LogP contribution in [0.1, 0.15) is 6.42 Å². The first kappa shape index (κ1) is 11.9. The van der Waals surface area contributed by atoms with Gasteiger partial charge in [0, 0.05) is 11.8 Å². The van der Waals surface area contributed by atoms with Crippen LogP contribution in [-0.2, 0) is 0 Å². The van der Waals surface area contributed by atoms with Gasteiger partial charge in [0.2, 0.25) is 0 Å². The average Bonchev–Trinajstić information content (AvgIpc) is 3.04. The van der Waals surface area contributed by atoms with Gasteiger partial charge < -0.3 is 15.0 Å². The number of ether oxygens (including phenoxy) is 1. The smallest absolute Gasteiger partial charge is 0.166 e. The first-order valence-corrected chi connectivity index (χ1v) is 7.21. The van der Waals surface area contributed by atoms with Crippen molar-refractivity contribution in [1.82, 2.24) is 15.3 Å². The lowest BCUT2D eigenvalue weighted by Gasteiger charge is -2.04. The number of H-pyrrole nitrogens is 1. The van der Waals surface area contributed by atoms with Crippen molar-refractivity contribution in [2.75, 3.05) is 26.0 Å². The highest BCUT2D eigenvalue weighted by atomic mass is 32.2. The van der Waals surface area contributed by atoms with Crippen molar-refractivity contribution >= 4 is 22.8 Å². The summed E-state index contributed by atoms with van der Waals surface area (Å²) in [6.07, 6.45) is 1.28. The Morgan fingerprint density at radius 1 is 1.50 bits per heavy atom. The van der Waals surface area contributed by atoms with Crippen molar-refractivity contribution in [3.63, 3.8) is 0 Å². The zero-order valence-electron chi connectivity index (χ0n) is 10.4. The summed E-state index contributed by atoms with van der Waals surface area (Å²) in [6.45, 7) is 2.30. The summed E-state index contributed by atoms with van der Waals surface area (Å²) in [5.41, 5.74) is 2.05. The van der Waals surface area contributed by atoms with Gasteiger partial charge in [-0.15, -0.1) is 0 Å². The van der Waals surface area contributed by atoms with Crippen LogP contribution in [-0.4, -0.2) is 35.9 Å². The minimum Gasteiger partial charge on any atom is -0.497 e. The Bertz CT molecular complexity index is 534. The molecule has 2 heterocycles. The molecule has 1 aliphatic heterocycles. The number of rotatable bonds is 4. The van der Waals surface area contributed by atoms with Crippen LogP contribution >= 0.6 is 11.8 Å². The molecule has 1 unspecified atom stereocenters. The third kappa shape index (κ3) is 2.47. The Hall–Kier alpha value is -1.20. The molecule has 1 aliphatic rings. The van der Waals surface area contributed by atoms with Crippen molar-refractivity contribution in [3.8, 4) is 5.75 Å². The molecule has 0 amide bonds. The number of nitrogens with one attached hydrogen (secondary N) is 2. The van der Waals surface area contributed by atoms with Crippen LogP contribution < -0.4 is 10.1 Å². The Morgan fingerprint density at radius 2 is 2.44 bits per heavy atom. The second-order valence-corrected chi connectivity index (χ2v) is 5.60. The number of thioether (sulfide) groups is 1. The normalized spacial score (nSPS) is 19.5. The Morgan fingerprint density at radius 3 is 3.22 bits per heavy atom. The molecule has 1 aromatic heterocycles. The van der Waals surface area contributed by atoms with E-state index in [1.165, 1.54) is 6.42 Å². The lowest BCUT2D eigenvalue weighted by atomic mass is 10.2. The molecule has 2 aromatic rings. The molecular weight excluding hydrogens is 246 g/mol. The quantitative estimate of drug-likeness (QED) is 0.831. The van der Waals surface area contributed by atoms with Crippen LogP contribution in [0.15, 0.2) is 23.4 Å². The summed E-state index contributed by atoms with van der Waals surface area (Å²) in [5.74, 6) is 2.77. The summed E-state index contributed by atoms with van der Waals surface area (Å²) >= 11 is 1.81. The van der Waals surface area contributed by atoms with Crippen LogP contribution in [0.5, 0.6) is 5.75 Å². The van der Waals surface area contributed by atoms with Crippen molar-refractivity contribution in [2.45, 2.75) is 11.6 Å². The number of imidazole rings is 1. The van der Waals surface area contributed by atoms with E-state index in [2.05, 4.69) is 15.3 Å². The van der Waals surface area contributed by atoms with Gasteiger partial charge in [0.05, 0.1) is 18.1 Å². The second-order valence-electron chi connectivity index (χ2n) is 4.59. The first-order valence-electron chi connectivity index (χ1n) is 6.22. The molecule has 5 heteroatoms. The highest BCUT2D eigenvalue weighted by Crippen LogP contribution is 2.25. The van der Waals surface area contributed by atoms with Crippen molar-refractivity contribution in [3.05, 3.63) is 18.2 Å². The van der Waals surface area contributed by atoms with E-state index >= 15 is 0 Å². The molecule has 2 N–H and O–H groups in total. The molecule has 4 nitrogen and oxygen atoms in total. The van der Waals surface area contributed by atoms with Gasteiger partial charge in [-0.1, -0.05) is 11.8 Å². The van der Waals surface area contributed by atoms with Crippen LogP contribution in [0, 0.1) is 5.92 Å². The summed E-state index contributed by atoms with van der Waals surface area (Å²) in [5, 5.41) is 4.39. The topological polar surface area (TPSA) is 49.9 Å². The molecule has 0 aliphatic carbocycles. The Balaban J connectivity index is 1.72. The highest BCUT2D eigenvalue weighted by Gasteiger charge is 2.15. The standard InChI is InChI=1S/C13H17N3OS/c1-17-10-2-3-11-12(6-10)16-13(15-11)18-8-9-4-5-14-7-9/h2-3,6,9,14H,4-5,7-8H2,1H3,(H,15,16). The Labute approximate surface area is 111 Å². The SMILES string of the molecule is COc1ccc2nc(SCC3CCNC3)[nH]c2c1. The molecule has 0 bridgehead atoms. The average molecular weight is 263 g/mol. The van der Waals surface area contributed by atoms with Gasteiger partial charge in [-0.3, -0.25) is 0 Å². The summed E-state index contributed by atoms with van der Waals surface area (Å²) in [4.78, 5) is 7.93. The monoisotopic (exact) mass is 263 g/mol. The predicted molar refractivity (Wildman–Crippen MR) is 74.3 cm³/mol. The molecule has 18 heavy (non-hydrogen) atoms. The lowest BCUT2D eigenvalue weighted by Crippen LogP contribution is -2.10. The second kappa shape index (κ2) is 5.20. The van der Waals surface area contributed by atoms with E-state index in [9.17, 15) is 0 Å². The maximum atomic E-state index is 5.21. The minimum atomic E-state index is 0.776. The molecule has 0 spiro atoms. The van der Waals surface area contributed by atoms with Gasteiger partial charge in [-0.2, -0.15) is 0 Å². The van der Waals surface area contributed by atoms with E-state index in [1.807, 2.05) is 30.0 Å². The van der Waals surface area contributed by atoms with Crippen LogP contribution in [0.25, 0.3) is 11.0 Å². The molecule has 0 saturated carbocycles. The lowest BCUT2D eigenvalue weighted by molar-refractivity contribution is 0.415. The van der Waals surface area contributed by atoms with Gasteiger partial charge >= 0.3 is 0 Å². The zero-order chi connectivity index (χ0) is 12.4. The van der Waals surface area contributed by atoms with E-state index in [-0.39, 0.29) is 0 Å². The fourth-order valence-electron chi connectivity index (χ4n) is 2.21. The molecular formula is C13H17N3OS. The third-order valence-corrected chi connectivity index (χ3v) is 4.39. The van der Waals surface area contributed by atoms with Crippen molar-refractivity contribution < 1.29 is 4.74 Å². The fourth-order valence-corrected chi connectivity index (χ4v) is 3.24. The van der Waals surface area contributed by atoms with Gasteiger partial charge in [0.25, 0.3) is 0 Å². The van der Waals surface area contributed by atoms with Crippen molar-refractivity contribution in [2.24, 2.45) is 5.92 Å². The molecule has 1 atom stereocenters. The van der Waals surface area contributed by atoms with E-state index in [4.69, 9.17) is 4.74 Å². The number of fused-ring (bicyclic) bond motifs is 1. The predicted octanol–water partition coefficient (Wildman–Crippen LogP) is 2.27. The largest absolute Gasteiger partial charge is 0.497 e. The third-order valence-electron chi connectivity index (χ3n) is 3.29. The number of benzene rings is 1. The number of nitrogens with zero attached hydrogens (tertiary/aromatic N) is 1. The molecule has 1 aromatic carbocycles. The van der Waals surface area contributed by atoms with E-state index in [0.29, 0.717) is 0 Å². The molecule has 1 fully saturated rings. The number of hydrogen-bond donors (Lipinski definition) is 2. The van der Waals surface area contributed by atoms with Gasteiger partial charge in [0.1, 0.15) is 5.75 Å². The fraction of sp³-hybridized carbons (Fsp3) is 0.462.